The summed E-state index contributed by atoms with van der Waals surface area (Å²) >= 11 is 0. The maximum Gasteiger partial charge on any atom is 0.252 e. The van der Waals surface area contributed by atoms with Gasteiger partial charge in [-0.1, -0.05) is 48.0 Å². The van der Waals surface area contributed by atoms with Crippen LogP contribution in [0.4, 0.5) is 0 Å². The second kappa shape index (κ2) is 5.25. The van der Waals surface area contributed by atoms with Crippen molar-refractivity contribution in [2.45, 2.75) is 6.92 Å². The molecule has 2 N–H and O–H groups in total. The minimum absolute atomic E-state index is 0.418. The second-order valence-corrected chi connectivity index (χ2v) is 4.90. The zero-order valence-electron chi connectivity index (χ0n) is 11.7. The number of rotatable bonds is 3. The molecule has 0 unspecified atom stereocenters. The molecular formula is C17H15N3O. The van der Waals surface area contributed by atoms with Crippen molar-refractivity contribution in [3.8, 4) is 16.9 Å². The van der Waals surface area contributed by atoms with Crippen LogP contribution in [-0.4, -0.2) is 15.7 Å². The van der Waals surface area contributed by atoms with E-state index in [9.17, 15) is 4.79 Å². The van der Waals surface area contributed by atoms with Crippen LogP contribution < -0.4 is 5.73 Å². The molecular weight excluding hydrogens is 262 g/mol. The number of primary amides is 1. The van der Waals surface area contributed by atoms with E-state index in [1.165, 1.54) is 5.56 Å². The first kappa shape index (κ1) is 13.1. The summed E-state index contributed by atoms with van der Waals surface area (Å²) in [6, 6.07) is 17.5. The Labute approximate surface area is 122 Å². The summed E-state index contributed by atoms with van der Waals surface area (Å²) in [6.07, 6.45) is 1.68. The number of carbonyl (C=O) groups excluding carboxylic acids is 1. The molecule has 104 valence electrons. The molecule has 0 aliphatic rings. The molecule has 1 amide bonds. The predicted molar refractivity (Wildman–Crippen MR) is 82.3 cm³/mol. The van der Waals surface area contributed by atoms with Crippen molar-refractivity contribution in [1.82, 2.24) is 9.78 Å². The summed E-state index contributed by atoms with van der Waals surface area (Å²) in [7, 11) is 0. The van der Waals surface area contributed by atoms with Crippen LogP contribution in [0.3, 0.4) is 0 Å². The van der Waals surface area contributed by atoms with Crippen LogP contribution in [-0.2, 0) is 0 Å². The minimum atomic E-state index is -0.479. The smallest absolute Gasteiger partial charge is 0.252 e. The van der Waals surface area contributed by atoms with E-state index in [4.69, 9.17) is 5.73 Å². The lowest BCUT2D eigenvalue weighted by Crippen LogP contribution is -2.11. The highest BCUT2D eigenvalue weighted by Crippen LogP contribution is 2.23. The van der Waals surface area contributed by atoms with Crippen LogP contribution in [0, 0.1) is 6.92 Å². The van der Waals surface area contributed by atoms with Gasteiger partial charge in [-0.2, -0.15) is 5.10 Å². The van der Waals surface area contributed by atoms with E-state index in [2.05, 4.69) is 5.10 Å². The molecule has 0 atom stereocenters. The van der Waals surface area contributed by atoms with Crippen molar-refractivity contribution in [1.29, 1.82) is 0 Å². The van der Waals surface area contributed by atoms with Crippen molar-refractivity contribution >= 4 is 5.91 Å². The van der Waals surface area contributed by atoms with Crippen LogP contribution >= 0.6 is 0 Å². The first-order valence-corrected chi connectivity index (χ1v) is 6.67. The van der Waals surface area contributed by atoms with E-state index in [0.29, 0.717) is 11.3 Å². The van der Waals surface area contributed by atoms with E-state index in [1.54, 1.807) is 10.9 Å². The zero-order chi connectivity index (χ0) is 14.8. The number of carbonyl (C=O) groups is 1. The Hall–Kier alpha value is -2.88. The molecule has 21 heavy (non-hydrogen) atoms. The third kappa shape index (κ3) is 2.56. The van der Waals surface area contributed by atoms with Crippen LogP contribution in [0.1, 0.15) is 15.9 Å². The third-order valence-corrected chi connectivity index (χ3v) is 3.33. The molecule has 1 heterocycles. The van der Waals surface area contributed by atoms with E-state index < -0.39 is 5.91 Å². The van der Waals surface area contributed by atoms with Gasteiger partial charge in [0.1, 0.15) is 5.69 Å². The summed E-state index contributed by atoms with van der Waals surface area (Å²) < 4.78 is 1.68. The van der Waals surface area contributed by atoms with Gasteiger partial charge in [0.2, 0.25) is 0 Å². The fourth-order valence-corrected chi connectivity index (χ4v) is 2.19. The zero-order valence-corrected chi connectivity index (χ0v) is 11.7. The lowest BCUT2D eigenvalue weighted by Gasteiger charge is -2.01. The molecule has 0 aliphatic heterocycles. The van der Waals surface area contributed by atoms with Gasteiger partial charge in [-0.05, 0) is 19.1 Å². The molecule has 0 bridgehead atoms. The van der Waals surface area contributed by atoms with Gasteiger partial charge in [-0.25, -0.2) is 4.68 Å². The number of hydrogen-bond acceptors (Lipinski definition) is 2. The molecule has 0 aliphatic carbocycles. The van der Waals surface area contributed by atoms with Crippen LogP contribution in [0.2, 0.25) is 0 Å². The lowest BCUT2D eigenvalue weighted by atomic mass is 10.1. The number of amides is 1. The Balaban J connectivity index is 2.13. The summed E-state index contributed by atoms with van der Waals surface area (Å²) in [6.45, 7) is 2.02. The fourth-order valence-electron chi connectivity index (χ4n) is 2.19. The number of aromatic nitrogens is 2. The van der Waals surface area contributed by atoms with Gasteiger partial charge in [0.25, 0.3) is 5.91 Å². The minimum Gasteiger partial charge on any atom is -0.365 e. The number of hydrogen-bond donors (Lipinski definition) is 1. The van der Waals surface area contributed by atoms with Gasteiger partial charge in [0.15, 0.2) is 0 Å². The van der Waals surface area contributed by atoms with Gasteiger partial charge in [-0.3, -0.25) is 4.79 Å². The summed E-state index contributed by atoms with van der Waals surface area (Å²) in [4.78, 5) is 11.7. The van der Waals surface area contributed by atoms with Gasteiger partial charge >= 0.3 is 0 Å². The van der Waals surface area contributed by atoms with Crippen LogP contribution in [0.25, 0.3) is 16.9 Å². The number of benzene rings is 2. The maximum absolute atomic E-state index is 11.7. The summed E-state index contributed by atoms with van der Waals surface area (Å²) in [5, 5.41) is 4.52. The molecule has 3 rings (SSSR count). The molecule has 0 radical (unpaired) electrons. The SMILES string of the molecule is Cc1ccc(-n2cc(C(N)=O)c(-c3ccccc3)n2)cc1. The van der Waals surface area contributed by atoms with E-state index in [1.807, 2.05) is 61.5 Å². The predicted octanol–water partition coefficient (Wildman–Crippen LogP) is 2.95. The fraction of sp³-hybridized carbons (Fsp3) is 0.0588. The van der Waals surface area contributed by atoms with Gasteiger partial charge in [0.05, 0.1) is 11.3 Å². The van der Waals surface area contributed by atoms with E-state index >= 15 is 0 Å². The highest BCUT2D eigenvalue weighted by Gasteiger charge is 2.16. The van der Waals surface area contributed by atoms with Crippen LogP contribution in [0.5, 0.6) is 0 Å². The van der Waals surface area contributed by atoms with Gasteiger partial charge in [-0.15, -0.1) is 0 Å². The normalized spacial score (nSPS) is 10.5. The van der Waals surface area contributed by atoms with Crippen molar-refractivity contribution in [2.75, 3.05) is 0 Å². The molecule has 4 nitrogen and oxygen atoms in total. The topological polar surface area (TPSA) is 60.9 Å². The quantitative estimate of drug-likeness (QED) is 0.800. The van der Waals surface area contributed by atoms with E-state index in [-0.39, 0.29) is 0 Å². The molecule has 4 heteroatoms. The molecule has 0 fully saturated rings. The Bertz CT molecular complexity index is 774. The Morgan fingerprint density at radius 2 is 1.71 bits per heavy atom. The Kier molecular flexibility index (Phi) is 3.28. The number of nitrogens with two attached hydrogens (primary N) is 1. The Morgan fingerprint density at radius 1 is 1.05 bits per heavy atom. The van der Waals surface area contributed by atoms with Gasteiger partial charge < -0.3 is 5.73 Å². The molecule has 0 spiro atoms. The highest BCUT2D eigenvalue weighted by atomic mass is 16.1. The molecule has 0 saturated carbocycles. The average molecular weight is 277 g/mol. The summed E-state index contributed by atoms with van der Waals surface area (Å²) in [5.74, 6) is -0.479. The molecule has 0 saturated heterocycles. The maximum atomic E-state index is 11.7. The van der Waals surface area contributed by atoms with Crippen molar-refractivity contribution < 1.29 is 4.79 Å². The van der Waals surface area contributed by atoms with Crippen molar-refractivity contribution in [3.63, 3.8) is 0 Å². The summed E-state index contributed by atoms with van der Waals surface area (Å²) in [5.41, 5.74) is 9.43. The largest absolute Gasteiger partial charge is 0.365 e. The first-order valence-electron chi connectivity index (χ1n) is 6.67. The van der Waals surface area contributed by atoms with E-state index in [0.717, 1.165) is 11.3 Å². The lowest BCUT2D eigenvalue weighted by molar-refractivity contribution is 0.100. The van der Waals surface area contributed by atoms with Crippen molar-refractivity contribution in [2.24, 2.45) is 5.73 Å². The third-order valence-electron chi connectivity index (χ3n) is 3.33. The molecule has 1 aromatic heterocycles. The molecule has 2 aromatic carbocycles. The number of nitrogens with zero attached hydrogens (tertiary/aromatic N) is 2. The number of aryl methyl sites for hydroxylation is 1. The highest BCUT2D eigenvalue weighted by molar-refractivity contribution is 5.98. The van der Waals surface area contributed by atoms with Crippen molar-refractivity contribution in [3.05, 3.63) is 71.9 Å². The monoisotopic (exact) mass is 277 g/mol. The van der Waals surface area contributed by atoms with Crippen LogP contribution in [0.15, 0.2) is 60.8 Å². The molecule has 3 aromatic rings. The average Bonchev–Trinajstić information content (AvgIpc) is 2.94. The Morgan fingerprint density at radius 3 is 2.33 bits per heavy atom. The second-order valence-electron chi connectivity index (χ2n) is 4.90. The first-order chi connectivity index (χ1) is 10.1. The standard InChI is InChI=1S/C17H15N3O/c1-12-7-9-14(10-8-12)20-11-15(17(18)21)16(19-20)13-5-3-2-4-6-13/h2-11H,1H3,(H2,18,21). The van der Waals surface area contributed by atoms with Gasteiger partial charge in [0, 0.05) is 11.8 Å².